The van der Waals surface area contributed by atoms with Gasteiger partial charge >= 0.3 is 12.0 Å². The Balaban J connectivity index is 3.23. The number of unbranched alkanes of at least 4 members (excludes halogenated alkanes) is 4. The van der Waals surface area contributed by atoms with E-state index in [0.29, 0.717) is 0 Å². The second kappa shape index (κ2) is 15.7. The fourth-order valence-electron chi connectivity index (χ4n) is 3.66. The smallest absolute Gasteiger partial charge is 0.294 e. The fourth-order valence-corrected chi connectivity index (χ4v) is 3.66. The van der Waals surface area contributed by atoms with Crippen LogP contribution in [-0.4, -0.2) is 47.6 Å². The molecule has 0 fully saturated rings. The van der Waals surface area contributed by atoms with E-state index >= 15 is 0 Å². The van der Waals surface area contributed by atoms with Crippen LogP contribution in [0.1, 0.15) is 90.2 Å². The first-order valence-electron chi connectivity index (χ1n) is 12.5. The lowest BCUT2D eigenvalue weighted by atomic mass is 10.1. The number of anilines is 1. The summed E-state index contributed by atoms with van der Waals surface area (Å²) in [6.45, 7) is 16.9. The van der Waals surface area contributed by atoms with Crippen molar-refractivity contribution in [3.63, 3.8) is 0 Å². The molecule has 2 N–H and O–H groups in total. The molecule has 1 rings (SSSR count). The van der Waals surface area contributed by atoms with Gasteiger partial charge in [0.1, 0.15) is 0 Å². The molecule has 2 amide bonds. The van der Waals surface area contributed by atoms with E-state index in [0.717, 1.165) is 100 Å². The van der Waals surface area contributed by atoms with E-state index < -0.39 is 0 Å². The topological polar surface area (TPSA) is 47.4 Å². The monoisotopic (exact) mass is 431 g/mol. The van der Waals surface area contributed by atoms with E-state index in [1.54, 1.807) is 0 Å². The highest BCUT2D eigenvalue weighted by Crippen LogP contribution is 2.19. The third-order valence-electron chi connectivity index (χ3n) is 5.67. The van der Waals surface area contributed by atoms with Crippen molar-refractivity contribution < 1.29 is 9.37 Å². The van der Waals surface area contributed by atoms with E-state index in [1.165, 1.54) is 0 Å². The van der Waals surface area contributed by atoms with Gasteiger partial charge in [0.25, 0.3) is 0 Å². The third kappa shape index (κ3) is 9.75. The molecule has 0 atom stereocenters. The standard InChI is InChI=1S/C26H46N4O/c1-7-11-18-29(19-12-8-2)26(30(20-13-9-3)21-14-10-4)28-25(31)27-24-22(5)16-15-17-23(24)6/h15-17H,7-14,18-21H2,1-6H3,(H,27,31)/p+1. The minimum atomic E-state index is -0.150. The Morgan fingerprint density at radius 3 is 1.77 bits per heavy atom. The zero-order chi connectivity index (χ0) is 23.1. The van der Waals surface area contributed by atoms with Crippen LogP contribution in [-0.2, 0) is 0 Å². The van der Waals surface area contributed by atoms with Gasteiger partial charge in [0.05, 0.1) is 26.2 Å². The van der Waals surface area contributed by atoms with Crippen molar-refractivity contribution >= 4 is 17.7 Å². The van der Waals surface area contributed by atoms with Gasteiger partial charge < -0.3 is 0 Å². The Morgan fingerprint density at radius 2 is 1.32 bits per heavy atom. The average molecular weight is 432 g/mol. The van der Waals surface area contributed by atoms with Gasteiger partial charge in [0.2, 0.25) is 0 Å². The maximum absolute atomic E-state index is 13.1. The van der Waals surface area contributed by atoms with E-state index in [2.05, 4.69) is 47.8 Å². The summed E-state index contributed by atoms with van der Waals surface area (Å²) >= 11 is 0. The maximum atomic E-state index is 13.1. The predicted molar refractivity (Wildman–Crippen MR) is 134 cm³/mol. The molecule has 0 aliphatic heterocycles. The summed E-state index contributed by atoms with van der Waals surface area (Å²) < 4.78 is 2.41. The molecule has 0 aliphatic rings. The Kier molecular flexibility index (Phi) is 13.7. The van der Waals surface area contributed by atoms with Crippen LogP contribution in [0.3, 0.4) is 0 Å². The Morgan fingerprint density at radius 1 is 0.839 bits per heavy atom. The van der Waals surface area contributed by atoms with E-state index in [-0.39, 0.29) is 6.03 Å². The number of aryl methyl sites for hydroxylation is 2. The molecule has 0 radical (unpaired) electrons. The first-order chi connectivity index (χ1) is 15.0. The molecular weight excluding hydrogens is 384 g/mol. The van der Waals surface area contributed by atoms with Crippen LogP contribution in [0.15, 0.2) is 18.2 Å². The second-order valence-electron chi connectivity index (χ2n) is 8.56. The van der Waals surface area contributed by atoms with Gasteiger partial charge in [-0.05, 0) is 50.7 Å². The fraction of sp³-hybridized carbons (Fsp3) is 0.692. The van der Waals surface area contributed by atoms with Gasteiger partial charge in [-0.15, -0.1) is 0 Å². The number of benzene rings is 1. The number of hydrogen-bond acceptors (Lipinski definition) is 1. The van der Waals surface area contributed by atoms with Crippen molar-refractivity contribution in [1.82, 2.24) is 10.2 Å². The Labute approximate surface area is 191 Å². The van der Waals surface area contributed by atoms with Crippen LogP contribution in [0.5, 0.6) is 0 Å². The van der Waals surface area contributed by atoms with Crippen LogP contribution >= 0.6 is 0 Å². The molecule has 0 heterocycles. The highest BCUT2D eigenvalue weighted by molar-refractivity contribution is 6.01. The predicted octanol–water partition coefficient (Wildman–Crippen LogP) is 6.30. The highest BCUT2D eigenvalue weighted by atomic mass is 16.2. The van der Waals surface area contributed by atoms with E-state index in [4.69, 9.17) is 0 Å². The lowest BCUT2D eigenvalue weighted by molar-refractivity contribution is -0.535. The SMILES string of the molecule is CCCCN(CCCC)C(NC(=O)Nc1c(C)cccc1C)=[N+](CCCC)CCCC. The molecule has 31 heavy (non-hydrogen) atoms. The molecule has 0 unspecified atom stereocenters. The number of amides is 2. The summed E-state index contributed by atoms with van der Waals surface area (Å²) in [7, 11) is 0. The minimum absolute atomic E-state index is 0.150. The zero-order valence-electron chi connectivity index (χ0n) is 21.0. The van der Waals surface area contributed by atoms with E-state index in [1.807, 2.05) is 32.0 Å². The lowest BCUT2D eigenvalue weighted by Crippen LogP contribution is -2.52. The highest BCUT2D eigenvalue weighted by Gasteiger charge is 2.25. The second-order valence-corrected chi connectivity index (χ2v) is 8.56. The molecule has 0 aliphatic carbocycles. The largest absolute Gasteiger partial charge is 0.384 e. The minimum Gasteiger partial charge on any atom is -0.294 e. The van der Waals surface area contributed by atoms with Crippen molar-refractivity contribution in [3.05, 3.63) is 29.3 Å². The zero-order valence-corrected chi connectivity index (χ0v) is 21.0. The molecular formula is C26H47N4O+. The van der Waals surface area contributed by atoms with Crippen molar-refractivity contribution in [2.75, 3.05) is 31.5 Å². The number of nitrogens with one attached hydrogen (secondary N) is 2. The van der Waals surface area contributed by atoms with Gasteiger partial charge in [-0.3, -0.25) is 14.8 Å². The molecule has 0 saturated heterocycles. The third-order valence-corrected chi connectivity index (χ3v) is 5.67. The van der Waals surface area contributed by atoms with E-state index in [9.17, 15) is 4.79 Å². The molecule has 0 bridgehead atoms. The summed E-state index contributed by atoms with van der Waals surface area (Å²) in [5.41, 5.74) is 3.07. The van der Waals surface area contributed by atoms with Crippen LogP contribution in [0.25, 0.3) is 0 Å². The molecule has 5 heteroatoms. The molecule has 176 valence electrons. The molecule has 0 aromatic heterocycles. The number of carbonyl (C=O) groups is 1. The summed E-state index contributed by atoms with van der Waals surface area (Å²) in [4.78, 5) is 15.5. The van der Waals surface area contributed by atoms with Gasteiger partial charge in [-0.1, -0.05) is 71.6 Å². The Bertz CT molecular complexity index is 646. The van der Waals surface area contributed by atoms with Crippen molar-refractivity contribution in [2.45, 2.75) is 92.9 Å². The first kappa shape index (κ1) is 27.0. The van der Waals surface area contributed by atoms with Gasteiger partial charge in [0, 0.05) is 5.69 Å². The number of urea groups is 1. The average Bonchev–Trinajstić information content (AvgIpc) is 2.75. The van der Waals surface area contributed by atoms with Crippen molar-refractivity contribution in [2.24, 2.45) is 0 Å². The van der Waals surface area contributed by atoms with Gasteiger partial charge in [-0.25, -0.2) is 4.79 Å². The van der Waals surface area contributed by atoms with Gasteiger partial charge in [-0.2, -0.15) is 5.32 Å². The molecule has 0 saturated carbocycles. The van der Waals surface area contributed by atoms with Crippen molar-refractivity contribution in [1.29, 1.82) is 0 Å². The summed E-state index contributed by atoms with van der Waals surface area (Å²) in [6.07, 6.45) is 9.10. The number of carbonyl (C=O) groups excluding carboxylic acids is 1. The Hall–Kier alpha value is -2.04. The summed E-state index contributed by atoms with van der Waals surface area (Å²) in [6, 6.07) is 5.95. The number of hydrogen-bond donors (Lipinski definition) is 2. The van der Waals surface area contributed by atoms with Crippen molar-refractivity contribution in [3.8, 4) is 0 Å². The number of para-hydroxylation sites is 1. The normalized spacial score (nSPS) is 10.6. The summed E-state index contributed by atoms with van der Waals surface area (Å²) in [5, 5.41) is 6.39. The van der Waals surface area contributed by atoms with Crippen LogP contribution in [0, 0.1) is 13.8 Å². The van der Waals surface area contributed by atoms with Crippen LogP contribution in [0.2, 0.25) is 0 Å². The molecule has 1 aromatic carbocycles. The molecule has 1 aromatic rings. The quantitative estimate of drug-likeness (QED) is 0.219. The first-order valence-corrected chi connectivity index (χ1v) is 12.5. The van der Waals surface area contributed by atoms with Crippen LogP contribution in [0.4, 0.5) is 10.5 Å². The van der Waals surface area contributed by atoms with Crippen LogP contribution < -0.4 is 10.6 Å². The number of nitrogens with zero attached hydrogens (tertiary/aromatic N) is 2. The number of rotatable bonds is 13. The molecule has 5 nitrogen and oxygen atoms in total. The summed E-state index contributed by atoms with van der Waals surface area (Å²) in [5.74, 6) is 0.979. The van der Waals surface area contributed by atoms with Gasteiger partial charge in [0.15, 0.2) is 0 Å². The lowest BCUT2D eigenvalue weighted by Gasteiger charge is -2.24. The number of guanidine groups is 1. The maximum Gasteiger partial charge on any atom is 0.384 e. The molecule has 0 spiro atoms.